The van der Waals surface area contributed by atoms with Crippen molar-refractivity contribution >= 4 is 29.2 Å². The van der Waals surface area contributed by atoms with Crippen molar-refractivity contribution in [2.45, 2.75) is 51.9 Å². The number of rotatable bonds is 7. The number of pyridine rings is 1. The van der Waals surface area contributed by atoms with Crippen LogP contribution in [0, 0.1) is 18.2 Å². The van der Waals surface area contributed by atoms with Crippen molar-refractivity contribution in [3.05, 3.63) is 69.8 Å². The second-order valence-electron chi connectivity index (χ2n) is 9.50. The van der Waals surface area contributed by atoms with E-state index in [1.165, 1.54) is 12.1 Å². The van der Waals surface area contributed by atoms with E-state index in [4.69, 9.17) is 11.6 Å². The molecule has 0 amide bonds. The summed E-state index contributed by atoms with van der Waals surface area (Å²) in [4.78, 5) is 18.6. The number of likely N-dealkylation sites (tertiary alicyclic amines) is 1. The molecule has 198 valence electrons. The normalized spacial score (nSPS) is 20.7. The van der Waals surface area contributed by atoms with E-state index in [1.54, 1.807) is 32.0 Å². The van der Waals surface area contributed by atoms with E-state index in [-0.39, 0.29) is 48.5 Å². The Morgan fingerprint density at radius 3 is 2.68 bits per heavy atom. The van der Waals surface area contributed by atoms with Crippen LogP contribution in [0.2, 0.25) is 5.02 Å². The summed E-state index contributed by atoms with van der Waals surface area (Å²) in [6.07, 6.45) is -4.97. The van der Waals surface area contributed by atoms with Gasteiger partial charge in [0.05, 0.1) is 21.7 Å². The number of halogens is 5. The molecule has 0 bridgehead atoms. The first-order valence-corrected chi connectivity index (χ1v) is 12.0. The van der Waals surface area contributed by atoms with Crippen LogP contribution in [0.4, 0.5) is 29.2 Å². The Balaban J connectivity index is 1.60. The maximum Gasteiger partial charge on any atom is 0.418 e. The molecule has 2 aromatic heterocycles. The molecule has 0 radical (unpaired) electrons. The molecule has 2 atom stereocenters. The SMILES string of the molecule is Cc1cc(Nc2ccc(C(F)(F)F)c(C[C@@]3(C(=O)O)CCN(Cc4cccc(Cl)c4F)[C@H](C)C3)n2)n[nH]1. The molecule has 1 saturated heterocycles. The molecule has 12 heteroatoms. The van der Waals surface area contributed by atoms with E-state index in [2.05, 4.69) is 20.5 Å². The van der Waals surface area contributed by atoms with Gasteiger partial charge in [0, 0.05) is 36.3 Å². The number of hydrogen-bond acceptors (Lipinski definition) is 5. The van der Waals surface area contributed by atoms with Crippen molar-refractivity contribution < 1.29 is 27.5 Å². The number of carboxylic acids is 1. The van der Waals surface area contributed by atoms with Gasteiger partial charge in [0.1, 0.15) is 11.6 Å². The quantitative estimate of drug-likeness (QED) is 0.320. The minimum atomic E-state index is -4.71. The Labute approximate surface area is 215 Å². The monoisotopic (exact) mass is 539 g/mol. The molecule has 4 rings (SSSR count). The van der Waals surface area contributed by atoms with Gasteiger partial charge in [-0.2, -0.15) is 18.3 Å². The number of hydrogen-bond donors (Lipinski definition) is 3. The fraction of sp³-hybridized carbons (Fsp3) is 0.400. The predicted octanol–water partition coefficient (Wildman–Crippen LogP) is 5.97. The third-order valence-electron chi connectivity index (χ3n) is 6.79. The van der Waals surface area contributed by atoms with Crippen LogP contribution in [0.25, 0.3) is 0 Å². The van der Waals surface area contributed by atoms with Crippen molar-refractivity contribution in [1.82, 2.24) is 20.1 Å². The summed E-state index contributed by atoms with van der Waals surface area (Å²) in [6, 6.07) is 8.09. The van der Waals surface area contributed by atoms with Gasteiger partial charge in [-0.05, 0) is 51.4 Å². The summed E-state index contributed by atoms with van der Waals surface area (Å²) in [6.45, 7) is 4.02. The number of carboxylic acid groups (broad SMARTS) is 1. The van der Waals surface area contributed by atoms with Gasteiger partial charge in [-0.25, -0.2) is 9.37 Å². The average Bonchev–Trinajstić information content (AvgIpc) is 3.22. The smallest absolute Gasteiger partial charge is 0.418 e. The number of aromatic amines is 1. The first-order chi connectivity index (χ1) is 17.4. The Morgan fingerprint density at radius 1 is 1.30 bits per heavy atom. The van der Waals surface area contributed by atoms with Crippen molar-refractivity contribution in [3.8, 4) is 0 Å². The molecule has 3 heterocycles. The molecule has 1 aliphatic rings. The predicted molar refractivity (Wildman–Crippen MR) is 130 cm³/mol. The molecule has 37 heavy (non-hydrogen) atoms. The zero-order chi connectivity index (χ0) is 27.0. The van der Waals surface area contributed by atoms with Crippen LogP contribution in [-0.4, -0.2) is 43.7 Å². The number of nitrogens with one attached hydrogen (secondary N) is 2. The summed E-state index contributed by atoms with van der Waals surface area (Å²) < 4.78 is 56.0. The van der Waals surface area contributed by atoms with E-state index < -0.39 is 35.4 Å². The number of benzene rings is 1. The second-order valence-corrected chi connectivity index (χ2v) is 9.91. The van der Waals surface area contributed by atoms with Gasteiger partial charge in [-0.3, -0.25) is 14.8 Å². The lowest BCUT2D eigenvalue weighted by Gasteiger charge is -2.43. The highest BCUT2D eigenvalue weighted by Gasteiger charge is 2.47. The van der Waals surface area contributed by atoms with E-state index >= 15 is 0 Å². The highest BCUT2D eigenvalue weighted by Crippen LogP contribution is 2.42. The lowest BCUT2D eigenvalue weighted by atomic mass is 9.71. The third-order valence-corrected chi connectivity index (χ3v) is 7.09. The number of nitrogens with zero attached hydrogens (tertiary/aromatic N) is 3. The summed E-state index contributed by atoms with van der Waals surface area (Å²) in [7, 11) is 0. The number of aryl methyl sites for hydroxylation is 1. The third kappa shape index (κ3) is 5.88. The Hall–Kier alpha value is -3.18. The number of piperidine rings is 1. The van der Waals surface area contributed by atoms with Crippen molar-refractivity contribution in [3.63, 3.8) is 0 Å². The number of H-pyrrole nitrogens is 1. The zero-order valence-corrected chi connectivity index (χ0v) is 20.9. The van der Waals surface area contributed by atoms with E-state index in [1.807, 2.05) is 4.90 Å². The Bertz CT molecular complexity index is 1300. The van der Waals surface area contributed by atoms with Crippen molar-refractivity contribution in [2.24, 2.45) is 5.41 Å². The molecule has 0 aliphatic carbocycles. The van der Waals surface area contributed by atoms with Gasteiger partial charge in [0.15, 0.2) is 5.82 Å². The summed E-state index contributed by atoms with van der Waals surface area (Å²) in [5.74, 6) is -1.23. The van der Waals surface area contributed by atoms with Crippen LogP contribution in [-0.2, 0) is 23.9 Å². The fourth-order valence-corrected chi connectivity index (χ4v) is 5.02. The molecule has 1 fully saturated rings. The average molecular weight is 540 g/mol. The number of anilines is 2. The maximum absolute atomic E-state index is 14.4. The molecule has 0 saturated carbocycles. The van der Waals surface area contributed by atoms with Gasteiger partial charge in [-0.1, -0.05) is 23.7 Å². The van der Waals surface area contributed by atoms with Gasteiger partial charge < -0.3 is 10.4 Å². The molecule has 0 unspecified atom stereocenters. The van der Waals surface area contributed by atoms with Gasteiger partial charge in [0.2, 0.25) is 0 Å². The number of aliphatic carboxylic acids is 1. The molecule has 3 aromatic rings. The van der Waals surface area contributed by atoms with Gasteiger partial charge in [-0.15, -0.1) is 0 Å². The molecular formula is C25H26ClF4N5O2. The fourth-order valence-electron chi connectivity index (χ4n) is 4.83. The summed E-state index contributed by atoms with van der Waals surface area (Å²) in [5, 5.41) is 19.8. The van der Waals surface area contributed by atoms with E-state index in [0.717, 1.165) is 11.8 Å². The Morgan fingerprint density at radius 2 is 2.05 bits per heavy atom. The topological polar surface area (TPSA) is 94.1 Å². The molecule has 1 aromatic carbocycles. The van der Waals surface area contributed by atoms with E-state index in [9.17, 15) is 27.5 Å². The molecule has 3 N–H and O–H groups in total. The van der Waals surface area contributed by atoms with Crippen LogP contribution < -0.4 is 5.32 Å². The van der Waals surface area contributed by atoms with Gasteiger partial charge >= 0.3 is 12.1 Å². The second kappa shape index (κ2) is 10.3. The number of carbonyl (C=O) groups is 1. The lowest BCUT2D eigenvalue weighted by Crippen LogP contribution is -2.50. The van der Waals surface area contributed by atoms with Gasteiger partial charge in [0.25, 0.3) is 0 Å². The largest absolute Gasteiger partial charge is 0.481 e. The first-order valence-electron chi connectivity index (χ1n) is 11.6. The van der Waals surface area contributed by atoms with Crippen LogP contribution in [0.5, 0.6) is 0 Å². The standard InChI is InChI=1S/C25H26ClF4N5O2/c1-14-10-21(34-33-14)32-20-7-6-17(25(28,29)30)19(31-20)12-24(23(36)37)8-9-35(15(2)11-24)13-16-4-3-5-18(26)22(16)27/h3-7,10,15H,8-9,11-13H2,1-2H3,(H,36,37)(H2,31,32,33,34)/t15-,24-/m1/s1. The summed E-state index contributed by atoms with van der Waals surface area (Å²) >= 11 is 5.88. The minimum Gasteiger partial charge on any atom is -0.481 e. The van der Waals surface area contributed by atoms with Crippen LogP contribution >= 0.6 is 11.6 Å². The Kier molecular flexibility index (Phi) is 7.48. The highest BCUT2D eigenvalue weighted by molar-refractivity contribution is 6.30. The lowest BCUT2D eigenvalue weighted by molar-refractivity contribution is -0.154. The highest BCUT2D eigenvalue weighted by atomic mass is 35.5. The number of aromatic nitrogens is 3. The van der Waals surface area contributed by atoms with Crippen LogP contribution in [0.1, 0.15) is 42.3 Å². The minimum absolute atomic E-state index is 0.00806. The number of alkyl halides is 3. The van der Waals surface area contributed by atoms with Crippen molar-refractivity contribution in [1.29, 1.82) is 0 Å². The van der Waals surface area contributed by atoms with Crippen LogP contribution in [0.15, 0.2) is 36.4 Å². The zero-order valence-electron chi connectivity index (χ0n) is 20.2. The molecule has 7 nitrogen and oxygen atoms in total. The molecule has 0 spiro atoms. The van der Waals surface area contributed by atoms with Crippen molar-refractivity contribution in [2.75, 3.05) is 11.9 Å². The maximum atomic E-state index is 14.4. The molecule has 1 aliphatic heterocycles. The van der Waals surface area contributed by atoms with E-state index in [0.29, 0.717) is 11.4 Å². The van der Waals surface area contributed by atoms with Crippen LogP contribution in [0.3, 0.4) is 0 Å². The summed E-state index contributed by atoms with van der Waals surface area (Å²) in [5.41, 5.74) is -1.69. The molecular weight excluding hydrogens is 514 g/mol. The first kappa shape index (κ1) is 26.9.